The van der Waals surface area contributed by atoms with Gasteiger partial charge in [0, 0.05) is 0 Å². The Morgan fingerprint density at radius 2 is 1.84 bits per heavy atom. The quantitative estimate of drug-likeness (QED) is 0.219. The van der Waals surface area contributed by atoms with Gasteiger partial charge in [0.25, 0.3) is 5.91 Å². The zero-order chi connectivity index (χ0) is 22.7. The summed E-state index contributed by atoms with van der Waals surface area (Å²) in [5.41, 5.74) is 1.35. The minimum atomic E-state index is -0.638. The van der Waals surface area contributed by atoms with Crippen molar-refractivity contribution in [1.82, 2.24) is 0 Å². The van der Waals surface area contributed by atoms with E-state index < -0.39 is 5.97 Å². The number of esters is 1. The molecule has 1 aliphatic heterocycles. The van der Waals surface area contributed by atoms with Crippen LogP contribution in [0.25, 0.3) is 6.08 Å². The first-order valence-electron chi connectivity index (χ1n) is 9.36. The molecule has 1 amide bonds. The molecule has 1 saturated heterocycles. The van der Waals surface area contributed by atoms with Gasteiger partial charge in [-0.15, -0.1) is 0 Å². The average molecular weight is 468 g/mol. The van der Waals surface area contributed by atoms with Gasteiger partial charge < -0.3 is 18.6 Å². The third-order valence-electron chi connectivity index (χ3n) is 4.53. The highest BCUT2D eigenvalue weighted by atomic mass is 32.2. The van der Waals surface area contributed by atoms with Crippen molar-refractivity contribution in [3.05, 3.63) is 77.1 Å². The summed E-state index contributed by atoms with van der Waals surface area (Å²) in [6.45, 7) is 0. The zero-order valence-corrected chi connectivity index (χ0v) is 18.7. The maximum Gasteiger partial charge on any atom is 0.379 e. The summed E-state index contributed by atoms with van der Waals surface area (Å²) < 4.78 is 21.3. The number of nitrogens with zero attached hydrogens (tertiary/aromatic N) is 1. The second-order valence-corrected chi connectivity index (χ2v) is 8.17. The minimum Gasteiger partial charge on any atom is -0.497 e. The normalized spacial score (nSPS) is 14.7. The number of methoxy groups -OCH3 is 2. The molecule has 1 fully saturated rings. The van der Waals surface area contributed by atoms with E-state index in [2.05, 4.69) is 0 Å². The molecule has 7 nitrogen and oxygen atoms in total. The molecule has 0 N–H and O–H groups in total. The van der Waals surface area contributed by atoms with Crippen LogP contribution >= 0.6 is 24.0 Å². The lowest BCUT2D eigenvalue weighted by Gasteiger charge is -2.14. The van der Waals surface area contributed by atoms with Crippen molar-refractivity contribution in [3.8, 4) is 17.2 Å². The van der Waals surface area contributed by atoms with Crippen LogP contribution in [-0.4, -0.2) is 30.4 Å². The third-order valence-corrected chi connectivity index (χ3v) is 5.84. The van der Waals surface area contributed by atoms with Crippen molar-refractivity contribution >= 4 is 51.9 Å². The van der Waals surface area contributed by atoms with Crippen LogP contribution in [0.4, 0.5) is 5.69 Å². The molecule has 0 atom stereocenters. The van der Waals surface area contributed by atoms with Gasteiger partial charge in [-0.3, -0.25) is 9.69 Å². The van der Waals surface area contributed by atoms with E-state index in [0.29, 0.717) is 32.0 Å². The SMILES string of the molecule is COc1ccc(N2C(=O)/C(=C\c3ccc(OC(=O)c4ccco4)c(OC)c3)SC2=S)cc1. The Kier molecular flexibility index (Phi) is 6.29. The molecule has 0 bridgehead atoms. The number of thioether (sulfide) groups is 1. The lowest BCUT2D eigenvalue weighted by molar-refractivity contribution is -0.113. The molecule has 2 aromatic carbocycles. The second kappa shape index (κ2) is 9.29. The van der Waals surface area contributed by atoms with Crippen molar-refractivity contribution in [2.75, 3.05) is 19.1 Å². The van der Waals surface area contributed by atoms with E-state index in [1.807, 2.05) is 0 Å². The van der Waals surface area contributed by atoms with Gasteiger partial charge in [0.15, 0.2) is 15.8 Å². The number of rotatable bonds is 6. The standard InChI is InChI=1S/C23H17NO6S2/c1-27-16-8-6-15(7-9-16)24-21(25)20(32-23(24)31)13-14-5-10-17(19(12-14)28-2)30-22(26)18-4-3-11-29-18/h3-13H,1-2H3/b20-13+. The molecule has 1 aromatic heterocycles. The summed E-state index contributed by atoms with van der Waals surface area (Å²) in [6, 6.07) is 15.2. The molecule has 9 heteroatoms. The van der Waals surface area contributed by atoms with E-state index in [9.17, 15) is 9.59 Å². The fourth-order valence-electron chi connectivity index (χ4n) is 2.98. The van der Waals surface area contributed by atoms with Crippen LogP contribution in [0.5, 0.6) is 17.2 Å². The summed E-state index contributed by atoms with van der Waals surface area (Å²) in [5.74, 6) is 0.480. The Morgan fingerprint density at radius 1 is 1.06 bits per heavy atom. The molecule has 0 saturated carbocycles. The van der Waals surface area contributed by atoms with E-state index in [-0.39, 0.29) is 17.4 Å². The summed E-state index contributed by atoms with van der Waals surface area (Å²) in [6.07, 6.45) is 3.10. The Bertz CT molecular complexity index is 1200. The molecule has 32 heavy (non-hydrogen) atoms. The van der Waals surface area contributed by atoms with Gasteiger partial charge in [-0.05, 0) is 60.2 Å². The highest BCUT2D eigenvalue weighted by Gasteiger charge is 2.33. The Hall–Kier alpha value is -3.56. The lowest BCUT2D eigenvalue weighted by Crippen LogP contribution is -2.27. The summed E-state index contributed by atoms with van der Waals surface area (Å²) in [5, 5.41) is 0. The monoisotopic (exact) mass is 467 g/mol. The van der Waals surface area contributed by atoms with Crippen LogP contribution in [0.2, 0.25) is 0 Å². The fourth-order valence-corrected chi connectivity index (χ4v) is 4.28. The number of hydrogen-bond donors (Lipinski definition) is 0. The lowest BCUT2D eigenvalue weighted by atomic mass is 10.1. The number of carbonyl (C=O) groups excluding carboxylic acids is 2. The van der Waals surface area contributed by atoms with Crippen molar-refractivity contribution in [2.45, 2.75) is 0 Å². The van der Waals surface area contributed by atoms with Crippen LogP contribution in [0.3, 0.4) is 0 Å². The summed E-state index contributed by atoms with van der Waals surface area (Å²) in [4.78, 5) is 27.1. The number of carbonyl (C=O) groups is 2. The van der Waals surface area contributed by atoms with Crippen LogP contribution in [0, 0.1) is 0 Å². The predicted octanol–water partition coefficient (Wildman–Crippen LogP) is 4.92. The van der Waals surface area contributed by atoms with Crippen LogP contribution in [0.15, 0.2) is 70.2 Å². The fraction of sp³-hybridized carbons (Fsp3) is 0.0870. The molecular formula is C23H17NO6S2. The summed E-state index contributed by atoms with van der Waals surface area (Å²) >= 11 is 6.62. The molecule has 3 aromatic rings. The van der Waals surface area contributed by atoms with Gasteiger partial charge in [-0.1, -0.05) is 30.0 Å². The van der Waals surface area contributed by atoms with Gasteiger partial charge in [-0.2, -0.15) is 0 Å². The Morgan fingerprint density at radius 3 is 2.50 bits per heavy atom. The number of furan rings is 1. The van der Waals surface area contributed by atoms with Crippen molar-refractivity contribution in [3.63, 3.8) is 0 Å². The first-order valence-corrected chi connectivity index (χ1v) is 10.6. The summed E-state index contributed by atoms with van der Waals surface area (Å²) in [7, 11) is 3.04. The zero-order valence-electron chi connectivity index (χ0n) is 17.1. The van der Waals surface area contributed by atoms with Gasteiger partial charge >= 0.3 is 5.97 Å². The average Bonchev–Trinajstić information content (AvgIpc) is 3.43. The van der Waals surface area contributed by atoms with Gasteiger partial charge in [0.2, 0.25) is 5.76 Å². The molecule has 4 rings (SSSR count). The Labute approximate surface area is 193 Å². The van der Waals surface area contributed by atoms with Crippen LogP contribution in [0.1, 0.15) is 16.1 Å². The van der Waals surface area contributed by atoms with E-state index in [4.69, 9.17) is 30.8 Å². The Balaban J connectivity index is 1.56. The van der Waals surface area contributed by atoms with E-state index in [1.165, 1.54) is 36.1 Å². The van der Waals surface area contributed by atoms with E-state index >= 15 is 0 Å². The van der Waals surface area contributed by atoms with Gasteiger partial charge in [0.05, 0.1) is 31.1 Å². The molecule has 2 heterocycles. The maximum absolute atomic E-state index is 13.0. The predicted molar refractivity (Wildman–Crippen MR) is 125 cm³/mol. The molecule has 162 valence electrons. The first kappa shape index (κ1) is 21.7. The molecular weight excluding hydrogens is 450 g/mol. The largest absolute Gasteiger partial charge is 0.497 e. The molecule has 1 aliphatic rings. The first-order chi connectivity index (χ1) is 15.5. The maximum atomic E-state index is 13.0. The number of amides is 1. The minimum absolute atomic E-state index is 0.0818. The molecule has 0 spiro atoms. The van der Waals surface area contributed by atoms with Crippen molar-refractivity contribution in [1.29, 1.82) is 0 Å². The smallest absolute Gasteiger partial charge is 0.379 e. The molecule has 0 unspecified atom stereocenters. The number of ether oxygens (including phenoxy) is 3. The van der Waals surface area contributed by atoms with Crippen LogP contribution < -0.4 is 19.1 Å². The van der Waals surface area contributed by atoms with Crippen molar-refractivity contribution in [2.24, 2.45) is 0 Å². The number of hydrogen-bond acceptors (Lipinski definition) is 8. The van der Waals surface area contributed by atoms with E-state index in [1.54, 1.807) is 61.7 Å². The van der Waals surface area contributed by atoms with Crippen molar-refractivity contribution < 1.29 is 28.2 Å². The molecule has 0 aliphatic carbocycles. The molecule has 0 radical (unpaired) electrons. The van der Waals surface area contributed by atoms with Gasteiger partial charge in [-0.25, -0.2) is 4.79 Å². The highest BCUT2D eigenvalue weighted by molar-refractivity contribution is 8.27. The van der Waals surface area contributed by atoms with Crippen LogP contribution in [-0.2, 0) is 4.79 Å². The topological polar surface area (TPSA) is 78.2 Å². The van der Waals surface area contributed by atoms with E-state index in [0.717, 1.165) is 0 Å². The number of benzene rings is 2. The number of anilines is 1. The third kappa shape index (κ3) is 4.39. The van der Waals surface area contributed by atoms with Gasteiger partial charge in [0.1, 0.15) is 5.75 Å². The number of thiocarbonyl (C=S) groups is 1. The highest BCUT2D eigenvalue weighted by Crippen LogP contribution is 2.37. The second-order valence-electron chi connectivity index (χ2n) is 6.49.